The fourth-order valence-corrected chi connectivity index (χ4v) is 3.33. The number of amides is 2. The summed E-state index contributed by atoms with van der Waals surface area (Å²) in [5.74, 6) is -0.311. The molecule has 1 N–H and O–H groups in total. The number of aromatic nitrogens is 1. The minimum absolute atomic E-state index is 0.162. The Balaban J connectivity index is 1.75. The van der Waals surface area contributed by atoms with Crippen molar-refractivity contribution in [1.82, 2.24) is 14.8 Å². The fraction of sp³-hybridized carbons (Fsp3) is 0.368. The molecule has 1 aliphatic rings. The molecule has 1 aromatic heterocycles. The second-order valence-electron chi connectivity index (χ2n) is 6.06. The zero-order valence-electron chi connectivity index (χ0n) is 14.7. The number of carbonyl (C=O) groups is 2. The highest BCUT2D eigenvalue weighted by Crippen LogP contribution is 2.32. The normalized spacial score (nSPS) is 16.1. The highest BCUT2D eigenvalue weighted by molar-refractivity contribution is 6.30. The molecule has 0 saturated heterocycles. The maximum absolute atomic E-state index is 12.7. The number of urea groups is 1. The van der Waals surface area contributed by atoms with E-state index in [9.17, 15) is 9.59 Å². The number of fused-ring (bicyclic) bond motifs is 1. The van der Waals surface area contributed by atoms with Crippen molar-refractivity contribution in [2.45, 2.75) is 25.9 Å². The summed E-state index contributed by atoms with van der Waals surface area (Å²) in [5.41, 5.74) is 2.05. The Morgan fingerprint density at radius 1 is 1.23 bits per heavy atom. The number of rotatable bonds is 5. The first kappa shape index (κ1) is 18.3. The van der Waals surface area contributed by atoms with Gasteiger partial charge in [-0.15, -0.1) is 0 Å². The standard InChI is InChI=1S/C19H22ClN3O3/c1-2-26-17(24)9-10-21-19(25)23-13-12-22-11-3-4-16(22)18(23)14-5-7-15(20)8-6-14/h3-8,11,18H,2,9-10,12-13H2,1H3,(H,21,25). The van der Waals surface area contributed by atoms with Gasteiger partial charge in [0.15, 0.2) is 0 Å². The topological polar surface area (TPSA) is 63.6 Å². The Kier molecular flexibility index (Phi) is 5.83. The largest absolute Gasteiger partial charge is 0.466 e. The molecule has 2 amide bonds. The van der Waals surface area contributed by atoms with Gasteiger partial charge in [-0.05, 0) is 36.8 Å². The van der Waals surface area contributed by atoms with Crippen molar-refractivity contribution in [3.05, 3.63) is 58.9 Å². The Morgan fingerprint density at radius 2 is 2.00 bits per heavy atom. The third kappa shape index (κ3) is 4.02. The molecular formula is C19H22ClN3O3. The smallest absolute Gasteiger partial charge is 0.318 e. The lowest BCUT2D eigenvalue weighted by Gasteiger charge is -2.37. The summed E-state index contributed by atoms with van der Waals surface area (Å²) in [6, 6.07) is 11.2. The molecule has 0 fully saturated rings. The van der Waals surface area contributed by atoms with Crippen molar-refractivity contribution in [2.75, 3.05) is 19.7 Å². The van der Waals surface area contributed by atoms with Crippen molar-refractivity contribution in [2.24, 2.45) is 0 Å². The molecular weight excluding hydrogens is 354 g/mol. The molecule has 2 heterocycles. The van der Waals surface area contributed by atoms with Crippen LogP contribution in [0.15, 0.2) is 42.6 Å². The average Bonchev–Trinajstić information content (AvgIpc) is 3.10. The molecule has 1 aromatic carbocycles. The maximum Gasteiger partial charge on any atom is 0.318 e. The van der Waals surface area contributed by atoms with E-state index in [1.54, 1.807) is 11.8 Å². The lowest BCUT2D eigenvalue weighted by atomic mass is 10.0. The molecule has 1 atom stereocenters. The zero-order valence-corrected chi connectivity index (χ0v) is 15.4. The number of hydrogen-bond donors (Lipinski definition) is 1. The molecule has 7 heteroatoms. The third-order valence-electron chi connectivity index (χ3n) is 4.40. The minimum atomic E-state index is -0.311. The van der Waals surface area contributed by atoms with Crippen LogP contribution in [0.2, 0.25) is 5.02 Å². The van der Waals surface area contributed by atoms with E-state index >= 15 is 0 Å². The van der Waals surface area contributed by atoms with Crippen LogP contribution >= 0.6 is 11.6 Å². The van der Waals surface area contributed by atoms with Crippen molar-refractivity contribution >= 4 is 23.6 Å². The van der Waals surface area contributed by atoms with E-state index in [2.05, 4.69) is 9.88 Å². The molecule has 1 unspecified atom stereocenters. The summed E-state index contributed by atoms with van der Waals surface area (Å²) in [6.07, 6.45) is 2.18. The summed E-state index contributed by atoms with van der Waals surface area (Å²) in [6.45, 7) is 3.67. The third-order valence-corrected chi connectivity index (χ3v) is 4.65. The first-order valence-corrected chi connectivity index (χ1v) is 9.08. The number of esters is 1. The molecule has 0 bridgehead atoms. The van der Waals surface area contributed by atoms with Gasteiger partial charge in [0, 0.05) is 36.5 Å². The Bertz CT molecular complexity index is 773. The molecule has 0 spiro atoms. The zero-order chi connectivity index (χ0) is 18.5. The number of carbonyl (C=O) groups excluding carboxylic acids is 2. The molecule has 2 aromatic rings. The second-order valence-corrected chi connectivity index (χ2v) is 6.50. The van der Waals surface area contributed by atoms with Crippen molar-refractivity contribution in [3.63, 3.8) is 0 Å². The van der Waals surface area contributed by atoms with E-state index in [4.69, 9.17) is 16.3 Å². The molecule has 6 nitrogen and oxygen atoms in total. The highest BCUT2D eigenvalue weighted by Gasteiger charge is 2.32. The Morgan fingerprint density at radius 3 is 2.73 bits per heavy atom. The van der Waals surface area contributed by atoms with E-state index in [0.29, 0.717) is 18.2 Å². The summed E-state index contributed by atoms with van der Waals surface area (Å²) in [4.78, 5) is 26.0. The lowest BCUT2D eigenvalue weighted by molar-refractivity contribution is -0.142. The van der Waals surface area contributed by atoms with Gasteiger partial charge in [-0.2, -0.15) is 0 Å². The van der Waals surface area contributed by atoms with Gasteiger partial charge < -0.3 is 19.5 Å². The summed E-state index contributed by atoms with van der Waals surface area (Å²) < 4.78 is 7.04. The van der Waals surface area contributed by atoms with Gasteiger partial charge in [-0.1, -0.05) is 23.7 Å². The van der Waals surface area contributed by atoms with Crippen LogP contribution in [0.25, 0.3) is 0 Å². The van der Waals surface area contributed by atoms with Gasteiger partial charge in [-0.3, -0.25) is 4.79 Å². The van der Waals surface area contributed by atoms with E-state index in [-0.39, 0.29) is 31.0 Å². The second kappa shape index (κ2) is 8.27. The monoisotopic (exact) mass is 375 g/mol. The van der Waals surface area contributed by atoms with Crippen LogP contribution in [0.5, 0.6) is 0 Å². The van der Waals surface area contributed by atoms with Crippen LogP contribution < -0.4 is 5.32 Å². The summed E-state index contributed by atoms with van der Waals surface area (Å²) in [7, 11) is 0. The lowest BCUT2D eigenvalue weighted by Crippen LogP contribution is -2.47. The minimum Gasteiger partial charge on any atom is -0.466 e. The highest BCUT2D eigenvalue weighted by atomic mass is 35.5. The van der Waals surface area contributed by atoms with Gasteiger partial charge >= 0.3 is 12.0 Å². The van der Waals surface area contributed by atoms with Gasteiger partial charge in [0.25, 0.3) is 0 Å². The number of halogens is 1. The first-order chi connectivity index (χ1) is 12.6. The Hall–Kier alpha value is -2.47. The number of hydrogen-bond acceptors (Lipinski definition) is 3. The van der Waals surface area contributed by atoms with Crippen molar-refractivity contribution < 1.29 is 14.3 Å². The molecule has 138 valence electrons. The molecule has 0 saturated carbocycles. The van der Waals surface area contributed by atoms with Crippen LogP contribution in [0.3, 0.4) is 0 Å². The number of nitrogens with zero attached hydrogens (tertiary/aromatic N) is 2. The maximum atomic E-state index is 12.7. The summed E-state index contributed by atoms with van der Waals surface area (Å²) >= 11 is 6.01. The van der Waals surface area contributed by atoms with E-state index in [1.165, 1.54) is 0 Å². The van der Waals surface area contributed by atoms with Gasteiger partial charge in [-0.25, -0.2) is 4.79 Å². The van der Waals surface area contributed by atoms with Gasteiger partial charge in [0.1, 0.15) is 0 Å². The molecule has 26 heavy (non-hydrogen) atoms. The van der Waals surface area contributed by atoms with Crippen LogP contribution in [-0.4, -0.2) is 41.2 Å². The predicted octanol–water partition coefficient (Wildman–Crippen LogP) is 3.21. The number of benzene rings is 1. The van der Waals surface area contributed by atoms with Crippen LogP contribution in [-0.2, 0) is 16.1 Å². The Labute approximate surface area is 157 Å². The van der Waals surface area contributed by atoms with E-state index < -0.39 is 0 Å². The predicted molar refractivity (Wildman–Crippen MR) is 99.1 cm³/mol. The first-order valence-electron chi connectivity index (χ1n) is 8.70. The molecule has 0 radical (unpaired) electrons. The molecule has 0 aliphatic carbocycles. The number of ether oxygens (including phenoxy) is 1. The molecule has 1 aliphatic heterocycles. The van der Waals surface area contributed by atoms with Crippen LogP contribution in [0.1, 0.15) is 30.6 Å². The average molecular weight is 376 g/mol. The van der Waals surface area contributed by atoms with Crippen LogP contribution in [0, 0.1) is 0 Å². The van der Waals surface area contributed by atoms with Crippen molar-refractivity contribution in [1.29, 1.82) is 0 Å². The van der Waals surface area contributed by atoms with E-state index in [1.807, 2.05) is 42.6 Å². The molecule has 3 rings (SSSR count). The van der Waals surface area contributed by atoms with Crippen molar-refractivity contribution in [3.8, 4) is 0 Å². The number of nitrogens with one attached hydrogen (secondary N) is 1. The van der Waals surface area contributed by atoms with Gasteiger partial charge in [0.2, 0.25) is 0 Å². The quantitative estimate of drug-likeness (QED) is 0.816. The van der Waals surface area contributed by atoms with E-state index in [0.717, 1.165) is 17.8 Å². The SMILES string of the molecule is CCOC(=O)CCNC(=O)N1CCn2cccc2C1c1ccc(Cl)cc1. The fourth-order valence-electron chi connectivity index (χ4n) is 3.20. The summed E-state index contributed by atoms with van der Waals surface area (Å²) in [5, 5.41) is 3.48. The van der Waals surface area contributed by atoms with Crippen LogP contribution in [0.4, 0.5) is 4.79 Å². The van der Waals surface area contributed by atoms with Gasteiger partial charge in [0.05, 0.1) is 19.1 Å².